The third-order valence-corrected chi connectivity index (χ3v) is 11.6. The topological polar surface area (TPSA) is 149 Å². The molecule has 16 heteroatoms. The number of nitrogens with zero attached hydrogens (tertiary/aromatic N) is 7. The van der Waals surface area contributed by atoms with Gasteiger partial charge in [0.15, 0.2) is 0 Å². The summed E-state index contributed by atoms with van der Waals surface area (Å²) in [7, 11) is 1.83. The molecule has 0 saturated carbocycles. The van der Waals surface area contributed by atoms with Crippen molar-refractivity contribution in [1.29, 1.82) is 0 Å². The van der Waals surface area contributed by atoms with Gasteiger partial charge in [0, 0.05) is 86.5 Å². The van der Waals surface area contributed by atoms with Gasteiger partial charge in [0.25, 0.3) is 5.91 Å². The monoisotopic (exact) mass is 808 g/mol. The molecule has 14 nitrogen and oxygen atoms in total. The van der Waals surface area contributed by atoms with Crippen LogP contribution in [0.4, 0.5) is 31.5 Å². The van der Waals surface area contributed by atoms with Crippen molar-refractivity contribution in [3.63, 3.8) is 0 Å². The average Bonchev–Trinajstić information content (AvgIpc) is 3.71. The van der Waals surface area contributed by atoms with Crippen LogP contribution in [-0.2, 0) is 16.6 Å². The molecule has 4 aliphatic heterocycles. The number of guanidine groups is 1. The van der Waals surface area contributed by atoms with Crippen molar-refractivity contribution in [1.82, 2.24) is 25.0 Å². The molecule has 0 spiro atoms. The SMILES string of the molecule is Cc1cc2cc(n1)-c1cnn(C)c1OCCC[C@@H](C)CN1/C(=N/C2=O)Nc2ccc(N3CCN(CCNc4cc(F)c([C@H]5CCC(=O)NC5=O)c(F)c4)CC3(C)C)cc21. The minimum absolute atomic E-state index is 0.0395. The number of hydrogen-bond acceptors (Lipinski definition) is 11. The normalized spacial score (nSPS) is 21.8. The number of imide groups is 1. The van der Waals surface area contributed by atoms with Crippen molar-refractivity contribution in [3.05, 3.63) is 77.1 Å². The molecule has 4 aromatic rings. The van der Waals surface area contributed by atoms with Crippen LogP contribution in [0.3, 0.4) is 0 Å². The fourth-order valence-electron chi connectivity index (χ4n) is 8.73. The third-order valence-electron chi connectivity index (χ3n) is 11.6. The van der Waals surface area contributed by atoms with Gasteiger partial charge in [-0.2, -0.15) is 10.1 Å². The van der Waals surface area contributed by atoms with Gasteiger partial charge in [0.1, 0.15) is 11.6 Å². The first-order valence-electron chi connectivity index (χ1n) is 20.3. The largest absolute Gasteiger partial charge is 0.477 e. The molecule has 2 saturated heterocycles. The van der Waals surface area contributed by atoms with E-state index in [0.717, 1.165) is 55.1 Å². The lowest BCUT2D eigenvalue weighted by Gasteiger charge is -2.48. The Kier molecular flexibility index (Phi) is 10.8. The molecule has 0 radical (unpaired) electrons. The number of hydrogen-bond donors (Lipinski definition) is 3. The van der Waals surface area contributed by atoms with E-state index in [0.29, 0.717) is 60.7 Å². The molecule has 3 amide bonds. The van der Waals surface area contributed by atoms with Gasteiger partial charge in [-0.15, -0.1) is 0 Å². The van der Waals surface area contributed by atoms with Crippen molar-refractivity contribution in [2.45, 2.75) is 64.8 Å². The molecule has 2 aromatic heterocycles. The zero-order valence-corrected chi connectivity index (χ0v) is 34.1. The van der Waals surface area contributed by atoms with E-state index in [4.69, 9.17) is 9.72 Å². The molecule has 0 unspecified atom stereocenters. The molecular weight excluding hydrogens is 759 g/mol. The number of benzene rings is 2. The average molecular weight is 809 g/mol. The summed E-state index contributed by atoms with van der Waals surface area (Å²) in [6, 6.07) is 12.3. The van der Waals surface area contributed by atoms with E-state index in [1.807, 2.05) is 14.0 Å². The van der Waals surface area contributed by atoms with Gasteiger partial charge in [-0.25, -0.2) is 13.5 Å². The van der Waals surface area contributed by atoms with E-state index in [9.17, 15) is 14.4 Å². The minimum Gasteiger partial charge on any atom is -0.477 e. The first-order valence-corrected chi connectivity index (χ1v) is 20.3. The van der Waals surface area contributed by atoms with Crippen LogP contribution in [0.5, 0.6) is 5.88 Å². The molecule has 6 heterocycles. The zero-order chi connectivity index (χ0) is 41.6. The Morgan fingerprint density at radius 1 is 1.02 bits per heavy atom. The zero-order valence-electron chi connectivity index (χ0n) is 34.1. The second-order valence-electron chi connectivity index (χ2n) is 16.7. The molecule has 3 N–H and O–H groups in total. The van der Waals surface area contributed by atoms with Gasteiger partial charge in [0.2, 0.25) is 23.7 Å². The standard InChI is InChI=1S/C43H50F2N10O4/c1-25-7-6-16-59-41-31(22-47-52(41)5)35-18-27(17-26(2)48-35)39(57)51-42-49-34-10-8-29(21-36(34)54(42)23-25)55-15-14-53(24-43(55,3)4)13-12-46-28-19-32(44)38(33(45)20-28)30-9-11-37(56)50-40(30)58/h8,10,17-22,25,30,46H,6-7,9,11-16,23-24H2,1-5H3,(H,49,51,57)(H,50,56,58)/t25-,30-/m1/s1. The number of aryl methyl sites for hydroxylation is 2. The molecule has 59 heavy (non-hydrogen) atoms. The number of aliphatic imine (C=N–C) groups is 1. The number of amides is 3. The van der Waals surface area contributed by atoms with Crippen LogP contribution in [0.15, 0.2) is 53.7 Å². The van der Waals surface area contributed by atoms with E-state index in [2.05, 4.69) is 79.7 Å². The Hall–Kier alpha value is -5.90. The Bertz CT molecular complexity index is 2320. The molecule has 310 valence electrons. The van der Waals surface area contributed by atoms with Crippen LogP contribution in [0.25, 0.3) is 11.3 Å². The lowest BCUT2D eigenvalue weighted by Crippen LogP contribution is -2.60. The van der Waals surface area contributed by atoms with E-state index in [1.54, 1.807) is 23.0 Å². The number of piperidine rings is 1. The van der Waals surface area contributed by atoms with Gasteiger partial charge in [-0.1, -0.05) is 6.92 Å². The predicted octanol–water partition coefficient (Wildman–Crippen LogP) is 5.84. The maximum atomic E-state index is 15.1. The maximum Gasteiger partial charge on any atom is 0.280 e. The van der Waals surface area contributed by atoms with E-state index >= 15 is 8.78 Å². The molecule has 2 fully saturated rings. The van der Waals surface area contributed by atoms with Crippen molar-refractivity contribution in [2.75, 3.05) is 66.3 Å². The summed E-state index contributed by atoms with van der Waals surface area (Å²) in [4.78, 5) is 53.9. The summed E-state index contributed by atoms with van der Waals surface area (Å²) < 4.78 is 38.1. The summed E-state index contributed by atoms with van der Waals surface area (Å²) >= 11 is 0. The highest BCUT2D eigenvalue weighted by Crippen LogP contribution is 2.40. The lowest BCUT2D eigenvalue weighted by molar-refractivity contribution is -0.134. The third kappa shape index (κ3) is 8.22. The molecule has 2 aromatic carbocycles. The van der Waals surface area contributed by atoms with Crippen molar-refractivity contribution in [2.24, 2.45) is 18.0 Å². The van der Waals surface area contributed by atoms with Crippen molar-refractivity contribution >= 4 is 46.4 Å². The maximum absolute atomic E-state index is 15.1. The van der Waals surface area contributed by atoms with Gasteiger partial charge < -0.3 is 25.2 Å². The van der Waals surface area contributed by atoms with Crippen molar-refractivity contribution in [3.8, 4) is 17.1 Å². The van der Waals surface area contributed by atoms with Crippen LogP contribution in [0, 0.1) is 24.5 Å². The molecular formula is C43H50F2N10O4. The van der Waals surface area contributed by atoms with Crippen LogP contribution >= 0.6 is 0 Å². The summed E-state index contributed by atoms with van der Waals surface area (Å²) in [5.74, 6) is -2.79. The quantitative estimate of drug-likeness (QED) is 0.202. The molecule has 4 aliphatic rings. The smallest absolute Gasteiger partial charge is 0.280 e. The Morgan fingerprint density at radius 3 is 2.58 bits per heavy atom. The molecule has 2 atom stereocenters. The minimum atomic E-state index is -1.04. The van der Waals surface area contributed by atoms with E-state index in [1.165, 1.54) is 12.1 Å². The summed E-state index contributed by atoms with van der Waals surface area (Å²) in [5.41, 5.74) is 5.06. The number of piperazine rings is 1. The lowest BCUT2D eigenvalue weighted by atomic mass is 9.89. The first-order chi connectivity index (χ1) is 28.2. The summed E-state index contributed by atoms with van der Waals surface area (Å²) in [6.45, 7) is 13.0. The van der Waals surface area contributed by atoms with Gasteiger partial charge in [-0.3, -0.25) is 29.6 Å². The summed E-state index contributed by atoms with van der Waals surface area (Å²) in [6.07, 6.45) is 3.55. The van der Waals surface area contributed by atoms with Crippen molar-refractivity contribution < 1.29 is 27.9 Å². The number of halogens is 2. The summed E-state index contributed by atoms with van der Waals surface area (Å²) in [5, 5.41) is 13.2. The molecule has 8 rings (SSSR count). The number of carbonyl (C=O) groups is 3. The Labute approximate surface area is 342 Å². The Balaban J connectivity index is 0.960. The predicted molar refractivity (Wildman–Crippen MR) is 222 cm³/mol. The second kappa shape index (κ2) is 16.0. The highest BCUT2D eigenvalue weighted by Gasteiger charge is 2.36. The highest BCUT2D eigenvalue weighted by molar-refractivity contribution is 6.19. The molecule has 0 aliphatic carbocycles. The van der Waals surface area contributed by atoms with Crippen LogP contribution in [-0.4, -0.2) is 94.8 Å². The number of carbonyl (C=O) groups excluding carboxylic acids is 3. The van der Waals surface area contributed by atoms with Crippen LogP contribution in [0.2, 0.25) is 0 Å². The van der Waals surface area contributed by atoms with Crippen LogP contribution in [0.1, 0.15) is 74.0 Å². The number of ether oxygens (including phenoxy) is 1. The number of rotatable bonds is 6. The van der Waals surface area contributed by atoms with Gasteiger partial charge >= 0.3 is 0 Å². The number of aromatic nitrogens is 3. The fraction of sp³-hybridized carbons (Fsp3) is 0.442. The highest BCUT2D eigenvalue weighted by atomic mass is 19.1. The fourth-order valence-corrected chi connectivity index (χ4v) is 8.73. The number of nitrogens with one attached hydrogen (secondary N) is 3. The number of anilines is 4. The first kappa shape index (κ1) is 39.9. The van der Waals surface area contributed by atoms with Gasteiger partial charge in [0.05, 0.1) is 41.4 Å². The van der Waals surface area contributed by atoms with Gasteiger partial charge in [-0.05, 0) is 88.4 Å². The van der Waals surface area contributed by atoms with E-state index < -0.39 is 29.4 Å². The second-order valence-corrected chi connectivity index (χ2v) is 16.7. The van der Waals surface area contributed by atoms with E-state index in [-0.39, 0.29) is 35.8 Å². The van der Waals surface area contributed by atoms with Crippen LogP contribution < -0.4 is 30.5 Å². The Morgan fingerprint density at radius 2 is 1.81 bits per heavy atom. The molecule has 2 bridgehead atoms. The number of fused-ring (bicyclic) bond motifs is 7. The number of pyridine rings is 1.